The van der Waals surface area contributed by atoms with Gasteiger partial charge in [-0.15, -0.1) is 0 Å². The molecule has 2 aromatic rings. The van der Waals surface area contributed by atoms with Crippen LogP contribution in [0.2, 0.25) is 0 Å². The highest BCUT2D eigenvalue weighted by Gasteiger charge is 2.10. The minimum Gasteiger partial charge on any atom is -0.494 e. The molecule has 4 nitrogen and oxygen atoms in total. The van der Waals surface area contributed by atoms with Gasteiger partial charge in [0.15, 0.2) is 11.6 Å². The highest BCUT2D eigenvalue weighted by atomic mass is 79.9. The summed E-state index contributed by atoms with van der Waals surface area (Å²) in [5.74, 6) is -0.0946. The molecular formula is C19H22BrFN2O2. The molecular weight excluding hydrogens is 387 g/mol. The van der Waals surface area contributed by atoms with Crippen molar-refractivity contribution in [1.82, 2.24) is 10.2 Å². The lowest BCUT2D eigenvalue weighted by Gasteiger charge is -2.18. The summed E-state index contributed by atoms with van der Waals surface area (Å²) in [5, 5.41) is 3.16. The largest absolute Gasteiger partial charge is 0.494 e. The Bertz CT molecular complexity index is 724. The van der Waals surface area contributed by atoms with Crippen LogP contribution in [0.5, 0.6) is 5.75 Å². The number of methoxy groups -OCH3 is 1. The van der Waals surface area contributed by atoms with Crippen molar-refractivity contribution in [3.63, 3.8) is 0 Å². The third-order valence-corrected chi connectivity index (χ3v) is 4.63. The Morgan fingerprint density at radius 2 is 2.04 bits per heavy atom. The fourth-order valence-corrected chi connectivity index (χ4v) is 2.82. The van der Waals surface area contributed by atoms with E-state index in [0.717, 1.165) is 15.6 Å². The van der Waals surface area contributed by atoms with Crippen molar-refractivity contribution in [3.05, 3.63) is 63.9 Å². The van der Waals surface area contributed by atoms with Crippen LogP contribution in [-0.4, -0.2) is 31.5 Å². The molecule has 0 unspecified atom stereocenters. The Morgan fingerprint density at radius 1 is 1.28 bits per heavy atom. The van der Waals surface area contributed by atoms with Crippen molar-refractivity contribution in [2.45, 2.75) is 19.5 Å². The van der Waals surface area contributed by atoms with E-state index in [1.54, 1.807) is 24.1 Å². The number of hydrogen-bond acceptors (Lipinski definition) is 3. The van der Waals surface area contributed by atoms with Crippen molar-refractivity contribution >= 4 is 21.8 Å². The summed E-state index contributed by atoms with van der Waals surface area (Å²) >= 11 is 3.49. The summed E-state index contributed by atoms with van der Waals surface area (Å²) in [6.07, 6.45) is 0.388. The number of hydrogen-bond donors (Lipinski definition) is 1. The van der Waals surface area contributed by atoms with Gasteiger partial charge in [0.1, 0.15) is 0 Å². The lowest BCUT2D eigenvalue weighted by atomic mass is 10.2. The lowest BCUT2D eigenvalue weighted by molar-refractivity contribution is -0.130. The monoisotopic (exact) mass is 408 g/mol. The quantitative estimate of drug-likeness (QED) is 0.676. The molecule has 134 valence electrons. The maximum Gasteiger partial charge on any atom is 0.223 e. The van der Waals surface area contributed by atoms with Crippen LogP contribution in [-0.2, 0) is 17.9 Å². The standard InChI is InChI=1S/C19H22BrFN2O2/c1-23(13-15-5-3-4-6-16(15)20)19(24)9-10-22-12-14-7-8-18(25-2)17(21)11-14/h3-8,11,22H,9-10,12-13H2,1-2H3. The number of nitrogens with one attached hydrogen (secondary N) is 1. The first-order valence-electron chi connectivity index (χ1n) is 8.01. The van der Waals surface area contributed by atoms with E-state index < -0.39 is 0 Å². The number of amides is 1. The normalized spacial score (nSPS) is 10.6. The second kappa shape index (κ2) is 9.53. The van der Waals surface area contributed by atoms with Gasteiger partial charge in [0.25, 0.3) is 0 Å². The Hall–Kier alpha value is -1.92. The van der Waals surface area contributed by atoms with Crippen LogP contribution in [0, 0.1) is 5.82 Å². The predicted octanol–water partition coefficient (Wildman–Crippen LogP) is 3.74. The molecule has 0 spiro atoms. The van der Waals surface area contributed by atoms with Crippen molar-refractivity contribution in [2.24, 2.45) is 0 Å². The van der Waals surface area contributed by atoms with Crippen LogP contribution in [0.1, 0.15) is 17.5 Å². The first-order chi connectivity index (χ1) is 12.0. The predicted molar refractivity (Wildman–Crippen MR) is 99.9 cm³/mol. The summed E-state index contributed by atoms with van der Waals surface area (Å²) < 4.78 is 19.5. The van der Waals surface area contributed by atoms with Gasteiger partial charge in [0.2, 0.25) is 5.91 Å². The van der Waals surface area contributed by atoms with Gasteiger partial charge in [-0.2, -0.15) is 0 Å². The van der Waals surface area contributed by atoms with Crippen LogP contribution in [0.15, 0.2) is 46.9 Å². The highest BCUT2D eigenvalue weighted by Crippen LogP contribution is 2.18. The fraction of sp³-hybridized carbons (Fsp3) is 0.316. The number of benzene rings is 2. The van der Waals surface area contributed by atoms with E-state index in [4.69, 9.17) is 4.74 Å². The molecule has 0 fully saturated rings. The Balaban J connectivity index is 1.74. The fourth-order valence-electron chi connectivity index (χ4n) is 2.41. The molecule has 0 aliphatic heterocycles. The van der Waals surface area contributed by atoms with Gasteiger partial charge >= 0.3 is 0 Å². The zero-order valence-corrected chi connectivity index (χ0v) is 16.0. The molecule has 2 rings (SSSR count). The van der Waals surface area contributed by atoms with Gasteiger partial charge in [-0.25, -0.2) is 4.39 Å². The maximum atomic E-state index is 13.6. The summed E-state index contributed by atoms with van der Waals surface area (Å²) in [4.78, 5) is 13.9. The zero-order chi connectivity index (χ0) is 18.2. The van der Waals surface area contributed by atoms with Crippen LogP contribution >= 0.6 is 15.9 Å². The lowest BCUT2D eigenvalue weighted by Crippen LogP contribution is -2.29. The SMILES string of the molecule is COc1ccc(CNCCC(=O)N(C)Cc2ccccc2Br)cc1F. The molecule has 0 saturated heterocycles. The molecule has 6 heteroatoms. The van der Waals surface area contributed by atoms with E-state index in [0.29, 0.717) is 26.1 Å². The van der Waals surface area contributed by atoms with Gasteiger partial charge in [0, 0.05) is 37.6 Å². The van der Waals surface area contributed by atoms with Crippen LogP contribution < -0.4 is 10.1 Å². The van der Waals surface area contributed by atoms with Crippen molar-refractivity contribution in [1.29, 1.82) is 0 Å². The summed E-state index contributed by atoms with van der Waals surface area (Å²) in [5.41, 5.74) is 1.88. The maximum absolute atomic E-state index is 13.6. The topological polar surface area (TPSA) is 41.6 Å². The van der Waals surface area contributed by atoms with Gasteiger partial charge < -0.3 is 15.0 Å². The molecule has 0 atom stereocenters. The molecule has 25 heavy (non-hydrogen) atoms. The van der Waals surface area contributed by atoms with Gasteiger partial charge in [-0.3, -0.25) is 4.79 Å². The van der Waals surface area contributed by atoms with E-state index >= 15 is 0 Å². The van der Waals surface area contributed by atoms with E-state index in [1.165, 1.54) is 13.2 Å². The zero-order valence-electron chi connectivity index (χ0n) is 14.4. The van der Waals surface area contributed by atoms with E-state index in [1.807, 2.05) is 24.3 Å². The van der Waals surface area contributed by atoms with Crippen molar-refractivity contribution in [3.8, 4) is 5.75 Å². The molecule has 0 heterocycles. The number of rotatable bonds is 8. The van der Waals surface area contributed by atoms with Crippen molar-refractivity contribution in [2.75, 3.05) is 20.7 Å². The van der Waals surface area contributed by atoms with E-state index in [9.17, 15) is 9.18 Å². The Kier molecular flexibility index (Phi) is 7.40. The molecule has 1 amide bonds. The molecule has 0 aliphatic carbocycles. The van der Waals surface area contributed by atoms with Crippen LogP contribution in [0.25, 0.3) is 0 Å². The Morgan fingerprint density at radius 3 is 2.72 bits per heavy atom. The Labute approximate surface area is 156 Å². The number of ether oxygens (including phenoxy) is 1. The second-order valence-corrected chi connectivity index (χ2v) is 6.59. The first-order valence-corrected chi connectivity index (χ1v) is 8.81. The summed E-state index contributed by atoms with van der Waals surface area (Å²) in [7, 11) is 3.23. The van der Waals surface area contributed by atoms with Gasteiger partial charge in [0.05, 0.1) is 7.11 Å². The second-order valence-electron chi connectivity index (χ2n) is 5.74. The summed E-state index contributed by atoms with van der Waals surface area (Å²) in [6, 6.07) is 12.7. The number of carbonyl (C=O) groups excluding carboxylic acids is 1. The minimum absolute atomic E-state index is 0.0594. The van der Waals surface area contributed by atoms with Crippen LogP contribution in [0.4, 0.5) is 4.39 Å². The molecule has 0 radical (unpaired) electrons. The molecule has 0 aliphatic rings. The van der Waals surface area contributed by atoms with Crippen molar-refractivity contribution < 1.29 is 13.9 Å². The van der Waals surface area contributed by atoms with Crippen LogP contribution in [0.3, 0.4) is 0 Å². The van der Waals surface area contributed by atoms with E-state index in [2.05, 4.69) is 21.2 Å². The van der Waals surface area contributed by atoms with Gasteiger partial charge in [-0.1, -0.05) is 40.2 Å². The highest BCUT2D eigenvalue weighted by molar-refractivity contribution is 9.10. The number of nitrogens with zero attached hydrogens (tertiary/aromatic N) is 1. The third-order valence-electron chi connectivity index (χ3n) is 3.85. The first kappa shape index (κ1) is 19.4. The smallest absolute Gasteiger partial charge is 0.223 e. The molecule has 1 N–H and O–H groups in total. The van der Waals surface area contributed by atoms with Gasteiger partial charge in [-0.05, 0) is 29.3 Å². The average molecular weight is 409 g/mol. The minimum atomic E-state index is -0.383. The molecule has 0 saturated carbocycles. The number of halogens is 2. The molecule has 0 bridgehead atoms. The van der Waals surface area contributed by atoms with E-state index in [-0.39, 0.29) is 17.5 Å². The number of carbonyl (C=O) groups is 1. The molecule has 0 aromatic heterocycles. The third kappa shape index (κ3) is 5.83. The average Bonchev–Trinajstić information content (AvgIpc) is 2.60. The molecule has 2 aromatic carbocycles. The summed E-state index contributed by atoms with van der Waals surface area (Å²) in [6.45, 7) is 1.60.